The summed E-state index contributed by atoms with van der Waals surface area (Å²) in [5, 5.41) is 11.7. The van der Waals surface area contributed by atoms with E-state index in [9.17, 15) is 4.79 Å². The van der Waals surface area contributed by atoms with Crippen molar-refractivity contribution in [3.8, 4) is 0 Å². The topological polar surface area (TPSA) is 80.9 Å². The second-order valence-electron chi connectivity index (χ2n) is 6.35. The summed E-state index contributed by atoms with van der Waals surface area (Å²) in [6.45, 7) is 4.57. The van der Waals surface area contributed by atoms with Crippen LogP contribution in [0, 0.1) is 6.92 Å². The first-order chi connectivity index (χ1) is 11.6. The zero-order chi connectivity index (χ0) is 17.1. The standard InChI is InChI=1S/C16H25N7O.2ClH/c1-12-18-6-8-22(12)11-14-19-20-16(21(14)3)13-5-4-7-23(10-13)15(24)9-17-2;;/h6,8,13,17H,4-5,7,9-11H2,1-3H3;2*1H. The summed E-state index contributed by atoms with van der Waals surface area (Å²) in [6, 6.07) is 0. The lowest BCUT2D eigenvalue weighted by Gasteiger charge is -2.32. The summed E-state index contributed by atoms with van der Waals surface area (Å²) in [6.07, 6.45) is 5.78. The van der Waals surface area contributed by atoms with E-state index in [0.717, 1.165) is 43.4 Å². The van der Waals surface area contributed by atoms with Gasteiger partial charge in [-0.3, -0.25) is 4.79 Å². The molecule has 0 aromatic carbocycles. The van der Waals surface area contributed by atoms with Gasteiger partial charge in [0.15, 0.2) is 5.82 Å². The van der Waals surface area contributed by atoms with Crippen LogP contribution in [0.5, 0.6) is 0 Å². The van der Waals surface area contributed by atoms with Gasteiger partial charge in [-0.1, -0.05) is 0 Å². The highest BCUT2D eigenvalue weighted by Crippen LogP contribution is 2.25. The minimum absolute atomic E-state index is 0. The van der Waals surface area contributed by atoms with Crippen molar-refractivity contribution in [2.24, 2.45) is 7.05 Å². The molecule has 3 rings (SSSR count). The fourth-order valence-corrected chi connectivity index (χ4v) is 3.27. The van der Waals surface area contributed by atoms with Gasteiger partial charge in [-0.05, 0) is 26.8 Å². The Bertz CT molecular complexity index is 715. The van der Waals surface area contributed by atoms with Crippen LogP contribution in [0.1, 0.15) is 36.2 Å². The van der Waals surface area contributed by atoms with Gasteiger partial charge in [-0.2, -0.15) is 0 Å². The molecule has 1 unspecified atom stereocenters. The van der Waals surface area contributed by atoms with E-state index in [1.807, 2.05) is 25.1 Å². The summed E-state index contributed by atoms with van der Waals surface area (Å²) in [4.78, 5) is 18.3. The molecule has 26 heavy (non-hydrogen) atoms. The highest BCUT2D eigenvalue weighted by Gasteiger charge is 2.28. The van der Waals surface area contributed by atoms with Crippen LogP contribution in [0.15, 0.2) is 12.4 Å². The van der Waals surface area contributed by atoms with Gasteiger partial charge in [0.2, 0.25) is 5.91 Å². The Balaban J connectivity index is 0.00000169. The molecular formula is C16H27Cl2N7O. The first-order valence-electron chi connectivity index (χ1n) is 8.38. The van der Waals surface area contributed by atoms with Crippen molar-refractivity contribution in [3.63, 3.8) is 0 Å². The molecule has 1 atom stereocenters. The van der Waals surface area contributed by atoms with Crippen LogP contribution in [0.25, 0.3) is 0 Å². The number of aryl methyl sites for hydroxylation is 1. The van der Waals surface area contributed by atoms with Gasteiger partial charge in [0, 0.05) is 38.4 Å². The highest BCUT2D eigenvalue weighted by molar-refractivity contribution is 5.85. The molecule has 3 heterocycles. The van der Waals surface area contributed by atoms with E-state index in [4.69, 9.17) is 0 Å². The zero-order valence-electron chi connectivity index (χ0n) is 15.4. The highest BCUT2D eigenvalue weighted by atomic mass is 35.5. The Hall–Kier alpha value is -1.64. The number of carbonyl (C=O) groups is 1. The predicted molar refractivity (Wildman–Crippen MR) is 104 cm³/mol. The number of imidazole rings is 1. The molecule has 0 aliphatic carbocycles. The van der Waals surface area contributed by atoms with E-state index in [2.05, 4.69) is 29.6 Å². The number of rotatable bonds is 5. The number of carbonyl (C=O) groups excluding carboxylic acids is 1. The third-order valence-corrected chi connectivity index (χ3v) is 4.70. The molecule has 0 spiro atoms. The fourth-order valence-electron chi connectivity index (χ4n) is 3.27. The van der Waals surface area contributed by atoms with Crippen molar-refractivity contribution < 1.29 is 4.79 Å². The average molecular weight is 404 g/mol. The number of nitrogens with zero attached hydrogens (tertiary/aromatic N) is 6. The predicted octanol–water partition coefficient (Wildman–Crippen LogP) is 1.14. The summed E-state index contributed by atoms with van der Waals surface area (Å²) in [5.74, 6) is 3.23. The number of hydrogen-bond donors (Lipinski definition) is 1. The van der Waals surface area contributed by atoms with Crippen LogP contribution in [0.4, 0.5) is 0 Å². The minimum Gasteiger partial charge on any atom is -0.341 e. The first-order valence-corrected chi connectivity index (χ1v) is 8.38. The summed E-state index contributed by atoms with van der Waals surface area (Å²) in [7, 11) is 3.80. The molecule has 1 fully saturated rings. The second-order valence-corrected chi connectivity index (χ2v) is 6.35. The molecule has 10 heteroatoms. The first kappa shape index (κ1) is 22.4. The number of likely N-dealkylation sites (N-methyl/N-ethyl adjacent to an activating group) is 1. The van der Waals surface area contributed by atoms with Crippen molar-refractivity contribution >= 4 is 30.7 Å². The quantitative estimate of drug-likeness (QED) is 0.809. The van der Waals surface area contributed by atoms with E-state index in [1.165, 1.54) is 0 Å². The van der Waals surface area contributed by atoms with Crippen LogP contribution in [-0.4, -0.2) is 61.8 Å². The van der Waals surface area contributed by atoms with Gasteiger partial charge in [0.05, 0.1) is 13.1 Å². The maximum absolute atomic E-state index is 12.1. The smallest absolute Gasteiger partial charge is 0.236 e. The van der Waals surface area contributed by atoms with E-state index in [0.29, 0.717) is 13.1 Å². The maximum atomic E-state index is 12.1. The monoisotopic (exact) mass is 403 g/mol. The number of hydrogen-bond acceptors (Lipinski definition) is 5. The molecule has 0 radical (unpaired) electrons. The summed E-state index contributed by atoms with van der Waals surface area (Å²) >= 11 is 0. The summed E-state index contributed by atoms with van der Waals surface area (Å²) in [5.41, 5.74) is 0. The molecule has 8 nitrogen and oxygen atoms in total. The Labute approximate surface area is 166 Å². The van der Waals surface area contributed by atoms with Crippen LogP contribution in [0.3, 0.4) is 0 Å². The van der Waals surface area contributed by atoms with Crippen molar-refractivity contribution in [2.75, 3.05) is 26.7 Å². The van der Waals surface area contributed by atoms with Crippen molar-refractivity contribution in [1.82, 2.24) is 34.5 Å². The molecule has 146 valence electrons. The lowest BCUT2D eigenvalue weighted by molar-refractivity contribution is -0.131. The van der Waals surface area contributed by atoms with Gasteiger partial charge in [-0.25, -0.2) is 4.98 Å². The molecule has 2 aromatic heterocycles. The molecule has 1 aliphatic heterocycles. The SMILES string of the molecule is CNCC(=O)N1CCCC(c2nnc(Cn3ccnc3C)n2C)C1.Cl.Cl. The number of halogens is 2. The van der Waals surface area contributed by atoms with Crippen LogP contribution < -0.4 is 5.32 Å². The van der Waals surface area contributed by atoms with E-state index < -0.39 is 0 Å². The van der Waals surface area contributed by atoms with Crippen LogP contribution >= 0.6 is 24.8 Å². The van der Waals surface area contributed by atoms with Gasteiger partial charge in [-0.15, -0.1) is 35.0 Å². The molecule has 0 bridgehead atoms. The third-order valence-electron chi connectivity index (χ3n) is 4.70. The normalized spacial score (nSPS) is 16.7. The number of amides is 1. The second kappa shape index (κ2) is 9.89. The van der Waals surface area contributed by atoms with E-state index >= 15 is 0 Å². The van der Waals surface area contributed by atoms with Gasteiger partial charge in [0.25, 0.3) is 0 Å². The molecule has 1 N–H and O–H groups in total. The van der Waals surface area contributed by atoms with Gasteiger partial charge in [0.1, 0.15) is 11.6 Å². The number of likely N-dealkylation sites (tertiary alicyclic amines) is 1. The molecule has 1 aliphatic rings. The number of nitrogens with one attached hydrogen (secondary N) is 1. The lowest BCUT2D eigenvalue weighted by atomic mass is 9.97. The Morgan fingerprint density at radius 3 is 2.77 bits per heavy atom. The zero-order valence-corrected chi connectivity index (χ0v) is 17.0. The molecule has 0 saturated carbocycles. The Morgan fingerprint density at radius 1 is 1.35 bits per heavy atom. The molecule has 2 aromatic rings. The fraction of sp³-hybridized carbons (Fsp3) is 0.625. The largest absolute Gasteiger partial charge is 0.341 e. The Kier molecular flexibility index (Phi) is 8.52. The summed E-state index contributed by atoms with van der Waals surface area (Å²) < 4.78 is 4.12. The number of aromatic nitrogens is 5. The molecule has 1 saturated heterocycles. The van der Waals surface area contributed by atoms with Gasteiger partial charge >= 0.3 is 0 Å². The van der Waals surface area contributed by atoms with Crippen LogP contribution in [-0.2, 0) is 18.4 Å². The van der Waals surface area contributed by atoms with Gasteiger partial charge < -0.3 is 19.4 Å². The minimum atomic E-state index is 0. The van der Waals surface area contributed by atoms with E-state index in [-0.39, 0.29) is 36.6 Å². The van der Waals surface area contributed by atoms with Crippen molar-refractivity contribution in [3.05, 3.63) is 29.9 Å². The maximum Gasteiger partial charge on any atom is 0.236 e. The molecule has 1 amide bonds. The average Bonchev–Trinajstić information content (AvgIpc) is 3.15. The lowest BCUT2D eigenvalue weighted by Crippen LogP contribution is -2.43. The number of piperidine rings is 1. The third kappa shape index (κ3) is 4.75. The van der Waals surface area contributed by atoms with Crippen LogP contribution in [0.2, 0.25) is 0 Å². The molecular weight excluding hydrogens is 377 g/mol. The van der Waals surface area contributed by atoms with Crippen molar-refractivity contribution in [2.45, 2.75) is 32.2 Å². The van der Waals surface area contributed by atoms with E-state index in [1.54, 1.807) is 13.2 Å². The Morgan fingerprint density at radius 2 is 2.12 bits per heavy atom. The van der Waals surface area contributed by atoms with Crippen molar-refractivity contribution in [1.29, 1.82) is 0 Å².